The molecular formula is C11H11ClN4O2S. The third kappa shape index (κ3) is 2.82. The van der Waals surface area contributed by atoms with E-state index in [9.17, 15) is 8.42 Å². The molecule has 0 aliphatic heterocycles. The second kappa shape index (κ2) is 5.50. The number of hydrogen-bond acceptors (Lipinski definition) is 5. The number of rotatable bonds is 4. The fourth-order valence-electron chi connectivity index (χ4n) is 1.56. The van der Waals surface area contributed by atoms with Crippen LogP contribution < -0.4 is 4.31 Å². The Balaban J connectivity index is 2.45. The Kier molecular flexibility index (Phi) is 3.96. The highest BCUT2D eigenvalue weighted by Gasteiger charge is 2.24. The normalized spacial score (nSPS) is 11.3. The van der Waals surface area contributed by atoms with Crippen LogP contribution in [0, 0.1) is 0 Å². The van der Waals surface area contributed by atoms with E-state index in [1.807, 2.05) is 0 Å². The minimum atomic E-state index is -3.70. The zero-order valence-corrected chi connectivity index (χ0v) is 11.6. The average Bonchev–Trinajstić information content (AvgIpc) is 2.41. The second-order valence-corrected chi connectivity index (χ2v) is 5.76. The van der Waals surface area contributed by atoms with Gasteiger partial charge < -0.3 is 0 Å². The fraction of sp³-hybridized carbons (Fsp3) is 0.182. The molecule has 2 aromatic rings. The van der Waals surface area contributed by atoms with E-state index in [4.69, 9.17) is 11.6 Å². The molecule has 0 amide bonds. The van der Waals surface area contributed by atoms with E-state index in [0.29, 0.717) is 5.69 Å². The van der Waals surface area contributed by atoms with Crippen molar-refractivity contribution in [1.82, 2.24) is 15.0 Å². The lowest BCUT2D eigenvalue weighted by Gasteiger charge is -2.22. The summed E-state index contributed by atoms with van der Waals surface area (Å²) in [5.74, 6) is 0. The summed E-state index contributed by atoms with van der Waals surface area (Å²) in [5.41, 5.74) is 0.535. The number of halogens is 1. The highest BCUT2D eigenvalue weighted by Crippen LogP contribution is 2.21. The molecule has 0 aromatic carbocycles. The Bertz CT molecular complexity index is 646. The Morgan fingerprint density at radius 1 is 1.21 bits per heavy atom. The smallest absolute Gasteiger partial charge is 0.266 e. The van der Waals surface area contributed by atoms with E-state index in [2.05, 4.69) is 15.0 Å². The van der Waals surface area contributed by atoms with Gasteiger partial charge in [0.2, 0.25) is 5.28 Å². The molecule has 0 saturated carbocycles. The van der Waals surface area contributed by atoms with Gasteiger partial charge in [-0.15, -0.1) is 0 Å². The van der Waals surface area contributed by atoms with E-state index in [1.54, 1.807) is 19.1 Å². The molecule has 8 heteroatoms. The third-order valence-corrected chi connectivity index (χ3v) is 4.47. The van der Waals surface area contributed by atoms with Gasteiger partial charge in [0.1, 0.15) is 4.90 Å². The van der Waals surface area contributed by atoms with E-state index in [0.717, 1.165) is 0 Å². The summed E-state index contributed by atoms with van der Waals surface area (Å²) in [7, 11) is -3.70. The molecule has 19 heavy (non-hydrogen) atoms. The summed E-state index contributed by atoms with van der Waals surface area (Å²) in [6.07, 6.45) is 5.45. The standard InChI is InChI=1S/C11H11ClN4O2S/c1-2-16(9-3-5-13-6-4-9)19(17,18)10-7-14-11(12)15-8-10/h3-8H,2H2,1H3. The van der Waals surface area contributed by atoms with Gasteiger partial charge in [0.25, 0.3) is 10.0 Å². The molecule has 100 valence electrons. The molecule has 0 unspecified atom stereocenters. The molecule has 2 rings (SSSR count). The Morgan fingerprint density at radius 3 is 2.32 bits per heavy atom. The Labute approximate surface area is 116 Å². The van der Waals surface area contributed by atoms with Crippen molar-refractivity contribution in [3.8, 4) is 0 Å². The van der Waals surface area contributed by atoms with Crippen molar-refractivity contribution in [2.24, 2.45) is 0 Å². The second-order valence-electron chi connectivity index (χ2n) is 3.56. The maximum absolute atomic E-state index is 12.5. The summed E-state index contributed by atoms with van der Waals surface area (Å²) in [6.45, 7) is 2.03. The highest BCUT2D eigenvalue weighted by molar-refractivity contribution is 7.92. The molecule has 0 bridgehead atoms. The average molecular weight is 299 g/mol. The fourth-order valence-corrected chi connectivity index (χ4v) is 3.03. The van der Waals surface area contributed by atoms with Crippen LogP contribution in [0.4, 0.5) is 5.69 Å². The van der Waals surface area contributed by atoms with Crippen LogP contribution in [0.3, 0.4) is 0 Å². The molecule has 0 spiro atoms. The lowest BCUT2D eigenvalue weighted by molar-refractivity contribution is 0.591. The van der Waals surface area contributed by atoms with Crippen LogP contribution in [-0.4, -0.2) is 29.9 Å². The van der Waals surface area contributed by atoms with E-state index in [1.165, 1.54) is 29.1 Å². The molecule has 0 fully saturated rings. The molecule has 2 heterocycles. The van der Waals surface area contributed by atoms with Crippen LogP contribution in [0.25, 0.3) is 0 Å². The van der Waals surface area contributed by atoms with Gasteiger partial charge in [0, 0.05) is 18.9 Å². The highest BCUT2D eigenvalue weighted by atomic mass is 35.5. The lowest BCUT2D eigenvalue weighted by Crippen LogP contribution is -2.30. The van der Waals surface area contributed by atoms with Crippen molar-refractivity contribution in [2.75, 3.05) is 10.8 Å². The first-order valence-corrected chi connectivity index (χ1v) is 7.28. The topological polar surface area (TPSA) is 76.1 Å². The van der Waals surface area contributed by atoms with Crippen molar-refractivity contribution >= 4 is 27.3 Å². The van der Waals surface area contributed by atoms with Crippen molar-refractivity contribution in [3.05, 3.63) is 42.2 Å². The van der Waals surface area contributed by atoms with E-state index >= 15 is 0 Å². The van der Waals surface area contributed by atoms with Gasteiger partial charge in [0.05, 0.1) is 18.1 Å². The number of sulfonamides is 1. The summed E-state index contributed by atoms with van der Waals surface area (Å²) >= 11 is 5.55. The van der Waals surface area contributed by atoms with Gasteiger partial charge in [0.15, 0.2) is 0 Å². The van der Waals surface area contributed by atoms with Gasteiger partial charge in [-0.3, -0.25) is 9.29 Å². The van der Waals surface area contributed by atoms with Gasteiger partial charge >= 0.3 is 0 Å². The maximum Gasteiger partial charge on any atom is 0.267 e. The van der Waals surface area contributed by atoms with Crippen LogP contribution >= 0.6 is 11.6 Å². The summed E-state index contributed by atoms with van der Waals surface area (Å²) in [5, 5.41) is 0.00547. The van der Waals surface area contributed by atoms with Crippen LogP contribution in [0.15, 0.2) is 41.8 Å². The van der Waals surface area contributed by atoms with E-state index < -0.39 is 10.0 Å². The monoisotopic (exact) mass is 298 g/mol. The molecule has 6 nitrogen and oxygen atoms in total. The molecule has 2 aromatic heterocycles. The summed E-state index contributed by atoms with van der Waals surface area (Å²) in [6, 6.07) is 3.25. The van der Waals surface area contributed by atoms with Crippen molar-refractivity contribution in [1.29, 1.82) is 0 Å². The lowest BCUT2D eigenvalue weighted by atomic mass is 10.4. The van der Waals surface area contributed by atoms with Crippen LogP contribution in [-0.2, 0) is 10.0 Å². The number of aromatic nitrogens is 3. The number of hydrogen-bond donors (Lipinski definition) is 0. The first kappa shape index (κ1) is 13.7. The summed E-state index contributed by atoms with van der Waals surface area (Å²) in [4.78, 5) is 11.2. The Hall–Kier alpha value is -1.73. The Morgan fingerprint density at radius 2 is 1.79 bits per heavy atom. The van der Waals surface area contributed by atoms with Gasteiger partial charge in [-0.25, -0.2) is 18.4 Å². The zero-order chi connectivity index (χ0) is 13.9. The molecule has 0 saturated heterocycles. The van der Waals surface area contributed by atoms with Crippen LogP contribution in [0.1, 0.15) is 6.92 Å². The SMILES string of the molecule is CCN(c1ccncc1)S(=O)(=O)c1cnc(Cl)nc1. The molecular weight excluding hydrogens is 288 g/mol. The first-order chi connectivity index (χ1) is 9.05. The first-order valence-electron chi connectivity index (χ1n) is 5.46. The largest absolute Gasteiger partial charge is 0.267 e. The molecule has 0 aliphatic rings. The molecule has 0 radical (unpaired) electrons. The third-order valence-electron chi connectivity index (χ3n) is 2.42. The van der Waals surface area contributed by atoms with Crippen LogP contribution in [0.2, 0.25) is 5.28 Å². The quantitative estimate of drug-likeness (QED) is 0.804. The predicted octanol–water partition coefficient (Wildman–Crippen LogP) is 1.74. The van der Waals surface area contributed by atoms with Gasteiger partial charge in [-0.05, 0) is 30.7 Å². The van der Waals surface area contributed by atoms with E-state index in [-0.39, 0.29) is 16.7 Å². The number of anilines is 1. The van der Waals surface area contributed by atoms with Gasteiger partial charge in [-0.2, -0.15) is 0 Å². The minimum Gasteiger partial charge on any atom is -0.266 e. The van der Waals surface area contributed by atoms with Crippen molar-refractivity contribution in [3.63, 3.8) is 0 Å². The van der Waals surface area contributed by atoms with Gasteiger partial charge in [-0.1, -0.05) is 0 Å². The predicted molar refractivity (Wildman–Crippen MR) is 71.5 cm³/mol. The molecule has 0 N–H and O–H groups in total. The van der Waals surface area contributed by atoms with Crippen LogP contribution in [0.5, 0.6) is 0 Å². The maximum atomic E-state index is 12.5. The molecule has 0 atom stereocenters. The number of nitrogens with zero attached hydrogens (tertiary/aromatic N) is 4. The molecule has 0 aliphatic carbocycles. The van der Waals surface area contributed by atoms with Crippen molar-refractivity contribution in [2.45, 2.75) is 11.8 Å². The minimum absolute atomic E-state index is 0.00411. The van der Waals surface area contributed by atoms with Crippen molar-refractivity contribution < 1.29 is 8.42 Å². The summed E-state index contributed by atoms with van der Waals surface area (Å²) < 4.78 is 26.2. The number of pyridine rings is 1. The zero-order valence-electron chi connectivity index (χ0n) is 10.1.